The lowest BCUT2D eigenvalue weighted by Crippen LogP contribution is -2.49. The van der Waals surface area contributed by atoms with Crippen molar-refractivity contribution in [3.05, 3.63) is 39.9 Å². The maximum Gasteiger partial charge on any atom is 0.338 e. The summed E-state index contributed by atoms with van der Waals surface area (Å²) in [5.41, 5.74) is 0.347. The highest BCUT2D eigenvalue weighted by atomic mass is 16.6. The molecule has 6 nitrogen and oxygen atoms in total. The van der Waals surface area contributed by atoms with Gasteiger partial charge in [-0.25, -0.2) is 4.79 Å². The van der Waals surface area contributed by atoms with Gasteiger partial charge >= 0.3 is 5.97 Å². The van der Waals surface area contributed by atoms with Crippen LogP contribution in [0.25, 0.3) is 0 Å². The highest BCUT2D eigenvalue weighted by Gasteiger charge is 2.40. The van der Waals surface area contributed by atoms with Crippen molar-refractivity contribution in [3.63, 3.8) is 0 Å². The molecule has 0 unspecified atom stereocenters. The van der Waals surface area contributed by atoms with Crippen molar-refractivity contribution in [1.82, 2.24) is 4.90 Å². The van der Waals surface area contributed by atoms with E-state index in [9.17, 15) is 14.9 Å². The Hall–Kier alpha value is -1.95. The molecule has 136 valence electrons. The molecule has 4 atom stereocenters. The molecule has 3 rings (SSSR count). The van der Waals surface area contributed by atoms with Gasteiger partial charge in [-0.2, -0.15) is 0 Å². The fourth-order valence-corrected chi connectivity index (χ4v) is 4.42. The third-order valence-electron chi connectivity index (χ3n) is 5.81. The average Bonchev–Trinajstić information content (AvgIpc) is 2.61. The third kappa shape index (κ3) is 4.00. The predicted molar refractivity (Wildman–Crippen MR) is 94.5 cm³/mol. The molecule has 0 N–H and O–H groups in total. The molecular formula is C19H26N2O4. The minimum Gasteiger partial charge on any atom is -0.457 e. The second-order valence-electron chi connectivity index (χ2n) is 7.55. The SMILES string of the molecule is CN(C)[C@H]1C[C@H]2CCCC[C@@H]2C[C@@H]1OC(=O)c1ccc([N+](=O)[O-])cc1. The van der Waals surface area contributed by atoms with Gasteiger partial charge in [-0.05, 0) is 50.9 Å². The van der Waals surface area contributed by atoms with Crippen LogP contribution in [0.5, 0.6) is 0 Å². The standard InChI is InChI=1S/C19H26N2O4/c1-20(2)17-11-14-5-3-4-6-15(14)12-18(17)25-19(22)13-7-9-16(10-8-13)21(23)24/h7-10,14-15,17-18H,3-6,11-12H2,1-2H3/t14-,15-,17+,18+/m1/s1. The number of non-ortho nitro benzene ring substituents is 1. The predicted octanol–water partition coefficient (Wildman–Crippen LogP) is 3.65. The van der Waals surface area contributed by atoms with Crippen LogP contribution in [-0.4, -0.2) is 42.0 Å². The van der Waals surface area contributed by atoms with Crippen molar-refractivity contribution in [2.45, 2.75) is 50.7 Å². The summed E-state index contributed by atoms with van der Waals surface area (Å²) in [6, 6.07) is 5.87. The van der Waals surface area contributed by atoms with E-state index in [0.717, 1.165) is 18.8 Å². The number of hydrogen-bond donors (Lipinski definition) is 0. The van der Waals surface area contributed by atoms with Gasteiger partial charge in [0.05, 0.1) is 10.5 Å². The Bertz CT molecular complexity index is 629. The van der Waals surface area contributed by atoms with E-state index in [0.29, 0.717) is 11.5 Å². The first-order chi connectivity index (χ1) is 12.0. The van der Waals surface area contributed by atoms with Crippen molar-refractivity contribution in [2.24, 2.45) is 11.8 Å². The molecule has 0 spiro atoms. The first-order valence-electron chi connectivity index (χ1n) is 9.07. The number of fused-ring (bicyclic) bond motifs is 1. The Morgan fingerprint density at radius 1 is 1.12 bits per heavy atom. The second-order valence-corrected chi connectivity index (χ2v) is 7.55. The molecule has 0 amide bonds. The van der Waals surface area contributed by atoms with Gasteiger partial charge in [-0.15, -0.1) is 0 Å². The van der Waals surface area contributed by atoms with Crippen molar-refractivity contribution >= 4 is 11.7 Å². The molecule has 0 aliphatic heterocycles. The summed E-state index contributed by atoms with van der Waals surface area (Å²) in [5.74, 6) is 1.01. The quantitative estimate of drug-likeness (QED) is 0.473. The maximum absolute atomic E-state index is 12.5. The van der Waals surface area contributed by atoms with Gasteiger partial charge in [-0.3, -0.25) is 10.1 Å². The molecule has 25 heavy (non-hydrogen) atoms. The van der Waals surface area contributed by atoms with Gasteiger partial charge in [-0.1, -0.05) is 25.7 Å². The van der Waals surface area contributed by atoms with E-state index in [-0.39, 0.29) is 23.8 Å². The summed E-state index contributed by atoms with van der Waals surface area (Å²) >= 11 is 0. The van der Waals surface area contributed by atoms with Crippen LogP contribution in [0.3, 0.4) is 0 Å². The zero-order valence-corrected chi connectivity index (χ0v) is 14.9. The second kappa shape index (κ2) is 7.52. The van der Waals surface area contributed by atoms with Crippen LogP contribution in [0.4, 0.5) is 5.69 Å². The van der Waals surface area contributed by atoms with Crippen LogP contribution in [0.15, 0.2) is 24.3 Å². The highest BCUT2D eigenvalue weighted by Crippen LogP contribution is 2.42. The maximum atomic E-state index is 12.5. The first kappa shape index (κ1) is 17.9. The number of esters is 1. The Morgan fingerprint density at radius 2 is 1.72 bits per heavy atom. The molecule has 2 fully saturated rings. The van der Waals surface area contributed by atoms with E-state index in [2.05, 4.69) is 4.90 Å². The van der Waals surface area contributed by atoms with Crippen molar-refractivity contribution < 1.29 is 14.5 Å². The van der Waals surface area contributed by atoms with Gasteiger partial charge in [0.25, 0.3) is 5.69 Å². The Morgan fingerprint density at radius 3 is 2.28 bits per heavy atom. The molecule has 2 aliphatic rings. The summed E-state index contributed by atoms with van der Waals surface area (Å²) in [7, 11) is 4.08. The Labute approximate surface area is 148 Å². The monoisotopic (exact) mass is 346 g/mol. The van der Waals surface area contributed by atoms with Gasteiger partial charge in [0.1, 0.15) is 6.10 Å². The number of nitro groups is 1. The number of likely N-dealkylation sites (N-methyl/N-ethyl adjacent to an activating group) is 1. The summed E-state index contributed by atoms with van der Waals surface area (Å²) in [6.45, 7) is 0. The fraction of sp³-hybridized carbons (Fsp3) is 0.632. The smallest absolute Gasteiger partial charge is 0.338 e. The van der Waals surface area contributed by atoms with Crippen LogP contribution in [0.2, 0.25) is 0 Å². The molecule has 0 radical (unpaired) electrons. The lowest BCUT2D eigenvalue weighted by Gasteiger charge is -2.45. The van der Waals surface area contributed by atoms with Crippen molar-refractivity contribution in [3.8, 4) is 0 Å². The molecule has 2 aliphatic carbocycles. The van der Waals surface area contributed by atoms with E-state index in [1.165, 1.54) is 49.9 Å². The molecule has 2 saturated carbocycles. The molecule has 6 heteroatoms. The normalized spacial score (nSPS) is 29.1. The molecule has 0 bridgehead atoms. The molecule has 1 aromatic carbocycles. The number of carbonyl (C=O) groups excluding carboxylic acids is 1. The zero-order chi connectivity index (χ0) is 18.0. The Kier molecular flexibility index (Phi) is 5.37. The largest absolute Gasteiger partial charge is 0.457 e. The van der Waals surface area contributed by atoms with Crippen molar-refractivity contribution in [1.29, 1.82) is 0 Å². The van der Waals surface area contributed by atoms with Crippen LogP contribution < -0.4 is 0 Å². The fourth-order valence-electron chi connectivity index (χ4n) is 4.42. The van der Waals surface area contributed by atoms with E-state index in [1.54, 1.807) is 0 Å². The molecule has 0 heterocycles. The average molecular weight is 346 g/mol. The summed E-state index contributed by atoms with van der Waals surface area (Å²) in [5, 5.41) is 10.7. The van der Waals surface area contributed by atoms with Crippen LogP contribution in [0, 0.1) is 22.0 Å². The van der Waals surface area contributed by atoms with Crippen molar-refractivity contribution in [2.75, 3.05) is 14.1 Å². The van der Waals surface area contributed by atoms with E-state index in [1.807, 2.05) is 14.1 Å². The van der Waals surface area contributed by atoms with E-state index < -0.39 is 4.92 Å². The summed E-state index contributed by atoms with van der Waals surface area (Å²) in [6.07, 6.45) is 7.00. The van der Waals surface area contributed by atoms with Crippen LogP contribution >= 0.6 is 0 Å². The van der Waals surface area contributed by atoms with Crippen LogP contribution in [-0.2, 0) is 4.74 Å². The first-order valence-corrected chi connectivity index (χ1v) is 9.07. The molecule has 0 aromatic heterocycles. The van der Waals surface area contributed by atoms with Gasteiger partial charge < -0.3 is 9.64 Å². The number of rotatable bonds is 4. The lowest BCUT2D eigenvalue weighted by atomic mass is 9.68. The Balaban J connectivity index is 1.70. The van der Waals surface area contributed by atoms with Gasteiger partial charge in [0.15, 0.2) is 0 Å². The van der Waals surface area contributed by atoms with E-state index >= 15 is 0 Å². The van der Waals surface area contributed by atoms with Gasteiger partial charge in [0.2, 0.25) is 0 Å². The third-order valence-corrected chi connectivity index (χ3v) is 5.81. The number of benzene rings is 1. The summed E-state index contributed by atoms with van der Waals surface area (Å²) < 4.78 is 5.85. The summed E-state index contributed by atoms with van der Waals surface area (Å²) in [4.78, 5) is 24.9. The number of nitro benzene ring substituents is 1. The number of ether oxygens (including phenoxy) is 1. The minimum atomic E-state index is -0.471. The molecular weight excluding hydrogens is 320 g/mol. The number of nitrogens with zero attached hydrogens (tertiary/aromatic N) is 2. The zero-order valence-electron chi connectivity index (χ0n) is 14.9. The van der Waals surface area contributed by atoms with Gasteiger partial charge in [0, 0.05) is 18.2 Å². The lowest BCUT2D eigenvalue weighted by molar-refractivity contribution is -0.384. The van der Waals surface area contributed by atoms with E-state index in [4.69, 9.17) is 4.74 Å². The highest BCUT2D eigenvalue weighted by molar-refractivity contribution is 5.89. The minimum absolute atomic E-state index is 0.0227. The number of carbonyl (C=O) groups is 1. The van der Waals surface area contributed by atoms with Crippen LogP contribution in [0.1, 0.15) is 48.9 Å². The topological polar surface area (TPSA) is 72.7 Å². The number of hydrogen-bond acceptors (Lipinski definition) is 5. The molecule has 0 saturated heterocycles. The molecule has 1 aromatic rings.